The molecule has 1 heterocycles. The quantitative estimate of drug-likeness (QED) is 0.829. The average Bonchev–Trinajstić information content (AvgIpc) is 2.72. The van der Waals surface area contributed by atoms with Crippen LogP contribution in [0.4, 0.5) is 13.2 Å². The summed E-state index contributed by atoms with van der Waals surface area (Å²) in [6, 6.07) is -0.551. The van der Waals surface area contributed by atoms with Crippen molar-refractivity contribution in [2.24, 2.45) is 5.92 Å². The fraction of sp³-hybridized carbons (Fsp3) is 0.571. The summed E-state index contributed by atoms with van der Waals surface area (Å²) < 4.78 is 37.2. The maximum absolute atomic E-state index is 12.4. The molecule has 1 aliphatic rings. The van der Waals surface area contributed by atoms with Crippen LogP contribution in [0.1, 0.15) is 48.3 Å². The monoisotopic (exact) mass is 331 g/mol. The van der Waals surface area contributed by atoms with Crippen LogP contribution in [0, 0.1) is 5.92 Å². The second-order valence-corrected chi connectivity index (χ2v) is 5.46. The van der Waals surface area contributed by atoms with Crippen LogP contribution in [-0.4, -0.2) is 33.0 Å². The van der Waals surface area contributed by atoms with Crippen LogP contribution >= 0.6 is 0 Å². The lowest BCUT2D eigenvalue weighted by Gasteiger charge is -2.22. The minimum atomic E-state index is -4.68. The predicted molar refractivity (Wildman–Crippen MR) is 72.5 cm³/mol. The van der Waals surface area contributed by atoms with E-state index in [9.17, 15) is 27.9 Å². The number of carboxylic acid groups (broad SMARTS) is 1. The first-order valence-electron chi connectivity index (χ1n) is 7.22. The molecule has 2 rings (SSSR count). The van der Waals surface area contributed by atoms with Crippen LogP contribution in [0.15, 0.2) is 12.4 Å². The maximum Gasteiger partial charge on any atom is 0.451 e. The Morgan fingerprint density at radius 1 is 1.13 bits per heavy atom. The van der Waals surface area contributed by atoms with Gasteiger partial charge in [-0.3, -0.25) is 9.59 Å². The second-order valence-electron chi connectivity index (χ2n) is 5.46. The van der Waals surface area contributed by atoms with Crippen molar-refractivity contribution in [3.05, 3.63) is 23.8 Å². The molecule has 9 heteroatoms. The van der Waals surface area contributed by atoms with Crippen LogP contribution < -0.4 is 5.32 Å². The molecule has 1 amide bonds. The van der Waals surface area contributed by atoms with Gasteiger partial charge in [-0.2, -0.15) is 13.2 Å². The lowest BCUT2D eigenvalue weighted by Crippen LogP contribution is -2.42. The number of hydrogen-bond donors (Lipinski definition) is 2. The van der Waals surface area contributed by atoms with Gasteiger partial charge in [-0.25, -0.2) is 9.97 Å². The Morgan fingerprint density at radius 2 is 1.74 bits per heavy atom. The predicted octanol–water partition coefficient (Wildman–Crippen LogP) is 2.26. The number of aromatic nitrogens is 2. The normalized spacial score (nSPS) is 22.2. The number of aliphatic carboxylic acids is 1. The van der Waals surface area contributed by atoms with E-state index in [2.05, 4.69) is 15.3 Å². The minimum Gasteiger partial charge on any atom is -0.481 e. The largest absolute Gasteiger partial charge is 0.481 e. The lowest BCUT2D eigenvalue weighted by atomic mass is 9.94. The SMILES string of the molecule is O=C(N[C@H]1CCCCC[C@H]1C(=O)O)c1cnc(C(F)(F)F)nc1. The second kappa shape index (κ2) is 6.93. The third-order valence-corrected chi connectivity index (χ3v) is 3.82. The van der Waals surface area contributed by atoms with Crippen molar-refractivity contribution in [3.8, 4) is 0 Å². The van der Waals surface area contributed by atoms with E-state index >= 15 is 0 Å². The van der Waals surface area contributed by atoms with Gasteiger partial charge < -0.3 is 10.4 Å². The first-order valence-corrected chi connectivity index (χ1v) is 7.22. The highest BCUT2D eigenvalue weighted by Gasteiger charge is 2.35. The van der Waals surface area contributed by atoms with Crippen LogP contribution in [0.25, 0.3) is 0 Å². The molecule has 1 aliphatic carbocycles. The molecule has 126 valence electrons. The highest BCUT2D eigenvalue weighted by molar-refractivity contribution is 5.94. The fourth-order valence-electron chi connectivity index (χ4n) is 2.62. The average molecular weight is 331 g/mol. The molecule has 0 radical (unpaired) electrons. The Morgan fingerprint density at radius 3 is 2.30 bits per heavy atom. The number of halogens is 3. The van der Waals surface area contributed by atoms with E-state index in [1.165, 1.54) is 0 Å². The summed E-state index contributed by atoms with van der Waals surface area (Å²) in [4.78, 5) is 29.6. The molecule has 0 bridgehead atoms. The third-order valence-electron chi connectivity index (χ3n) is 3.82. The van der Waals surface area contributed by atoms with E-state index in [1.54, 1.807) is 0 Å². The molecule has 23 heavy (non-hydrogen) atoms. The first kappa shape index (κ1) is 17.2. The topological polar surface area (TPSA) is 92.2 Å². The third kappa shape index (κ3) is 4.40. The van der Waals surface area contributed by atoms with Crippen molar-refractivity contribution in [3.63, 3.8) is 0 Å². The highest BCUT2D eigenvalue weighted by atomic mass is 19.4. The molecule has 1 saturated carbocycles. The van der Waals surface area contributed by atoms with Gasteiger partial charge in [0.15, 0.2) is 0 Å². The van der Waals surface area contributed by atoms with Crippen molar-refractivity contribution in [1.82, 2.24) is 15.3 Å². The van der Waals surface area contributed by atoms with Crippen LogP contribution in [0.3, 0.4) is 0 Å². The molecule has 2 N–H and O–H groups in total. The summed E-state index contributed by atoms with van der Waals surface area (Å²) in [5.41, 5.74) is -0.133. The molecule has 1 fully saturated rings. The number of rotatable bonds is 3. The van der Waals surface area contributed by atoms with E-state index < -0.39 is 35.8 Å². The molecule has 0 aliphatic heterocycles. The van der Waals surface area contributed by atoms with Gasteiger partial charge in [-0.15, -0.1) is 0 Å². The Kier molecular flexibility index (Phi) is 5.17. The van der Waals surface area contributed by atoms with Crippen LogP contribution in [0.2, 0.25) is 0 Å². The van der Waals surface area contributed by atoms with E-state index in [0.29, 0.717) is 12.8 Å². The van der Waals surface area contributed by atoms with Gasteiger partial charge in [0.2, 0.25) is 5.82 Å². The summed E-state index contributed by atoms with van der Waals surface area (Å²) in [5.74, 6) is -3.68. The summed E-state index contributed by atoms with van der Waals surface area (Å²) in [6.07, 6.45) is 0.332. The van der Waals surface area contributed by atoms with E-state index in [-0.39, 0.29) is 5.56 Å². The molecule has 0 saturated heterocycles. The molecular formula is C14H16F3N3O3. The smallest absolute Gasteiger partial charge is 0.451 e. The van der Waals surface area contributed by atoms with Crippen molar-refractivity contribution >= 4 is 11.9 Å². The van der Waals surface area contributed by atoms with E-state index in [1.807, 2.05) is 0 Å². The molecule has 6 nitrogen and oxygen atoms in total. The number of nitrogens with zero attached hydrogens (tertiary/aromatic N) is 2. The number of carbonyl (C=O) groups is 2. The molecule has 1 aromatic heterocycles. The molecule has 2 atom stereocenters. The Balaban J connectivity index is 2.09. The summed E-state index contributed by atoms with van der Waals surface area (Å²) >= 11 is 0. The van der Waals surface area contributed by atoms with Crippen LogP contribution in [-0.2, 0) is 11.0 Å². The Hall–Kier alpha value is -2.19. The number of alkyl halides is 3. The van der Waals surface area contributed by atoms with Crippen LogP contribution in [0.5, 0.6) is 0 Å². The van der Waals surface area contributed by atoms with Gasteiger partial charge in [0.05, 0.1) is 11.5 Å². The Bertz CT molecular complexity index is 575. The number of amides is 1. The van der Waals surface area contributed by atoms with Gasteiger partial charge >= 0.3 is 12.1 Å². The fourth-order valence-corrected chi connectivity index (χ4v) is 2.62. The summed E-state index contributed by atoms with van der Waals surface area (Å²) in [5, 5.41) is 11.8. The standard InChI is InChI=1S/C14H16F3N3O3/c15-14(16,17)13-18-6-8(7-19-13)11(21)20-10-5-3-1-2-4-9(10)12(22)23/h6-7,9-10H,1-5H2,(H,20,21)(H,22,23)/t9-,10+/m1/s1. The zero-order chi connectivity index (χ0) is 17.0. The molecular weight excluding hydrogens is 315 g/mol. The van der Waals surface area contributed by atoms with E-state index in [0.717, 1.165) is 31.7 Å². The zero-order valence-electron chi connectivity index (χ0n) is 12.1. The van der Waals surface area contributed by atoms with Crippen molar-refractivity contribution < 1.29 is 27.9 Å². The molecule has 0 aromatic carbocycles. The van der Waals surface area contributed by atoms with Crippen molar-refractivity contribution in [1.29, 1.82) is 0 Å². The molecule has 0 spiro atoms. The lowest BCUT2D eigenvalue weighted by molar-refractivity contribution is -0.145. The molecule has 1 aromatic rings. The highest BCUT2D eigenvalue weighted by Crippen LogP contribution is 2.26. The Labute approximate surface area is 130 Å². The van der Waals surface area contributed by atoms with Gasteiger partial charge in [-0.1, -0.05) is 19.3 Å². The van der Waals surface area contributed by atoms with Gasteiger partial charge in [0, 0.05) is 18.4 Å². The number of hydrogen-bond acceptors (Lipinski definition) is 4. The number of nitrogens with one attached hydrogen (secondary N) is 1. The maximum atomic E-state index is 12.4. The van der Waals surface area contributed by atoms with Crippen molar-refractivity contribution in [2.45, 2.75) is 44.3 Å². The number of carboxylic acids is 1. The summed E-state index contributed by atoms with van der Waals surface area (Å²) in [6.45, 7) is 0. The van der Waals surface area contributed by atoms with Gasteiger partial charge in [0.25, 0.3) is 5.91 Å². The molecule has 0 unspecified atom stereocenters. The van der Waals surface area contributed by atoms with Gasteiger partial charge in [-0.05, 0) is 12.8 Å². The van der Waals surface area contributed by atoms with Crippen molar-refractivity contribution in [2.75, 3.05) is 0 Å². The van der Waals surface area contributed by atoms with E-state index in [4.69, 9.17) is 0 Å². The first-order chi connectivity index (χ1) is 10.8. The number of carbonyl (C=O) groups excluding carboxylic acids is 1. The summed E-state index contributed by atoms with van der Waals surface area (Å²) in [7, 11) is 0. The minimum absolute atomic E-state index is 0.133. The van der Waals surface area contributed by atoms with Gasteiger partial charge in [0.1, 0.15) is 0 Å². The zero-order valence-corrected chi connectivity index (χ0v) is 12.1.